The van der Waals surface area contributed by atoms with Crippen LogP contribution in [0.25, 0.3) is 5.95 Å². The predicted molar refractivity (Wildman–Crippen MR) is 63.0 cm³/mol. The summed E-state index contributed by atoms with van der Waals surface area (Å²) in [4.78, 5) is 15.7. The fourth-order valence-electron chi connectivity index (χ4n) is 1.34. The summed E-state index contributed by atoms with van der Waals surface area (Å²) in [5, 5.41) is 7.87. The number of ether oxygens (including phenoxy) is 1. The van der Waals surface area contributed by atoms with Gasteiger partial charge in [0.15, 0.2) is 5.75 Å². The highest BCUT2D eigenvalue weighted by molar-refractivity contribution is 6.28. The van der Waals surface area contributed by atoms with Gasteiger partial charge < -0.3 is 4.74 Å². The zero-order valence-corrected chi connectivity index (χ0v) is 10.4. The monoisotopic (exact) mass is 278 g/mol. The highest BCUT2D eigenvalue weighted by Gasteiger charge is 2.10. The lowest BCUT2D eigenvalue weighted by atomic mass is 10.6. The van der Waals surface area contributed by atoms with Crippen LogP contribution in [0.4, 0.5) is 0 Å². The molecule has 0 aliphatic rings. The minimum Gasteiger partial charge on any atom is -0.421 e. The molecule has 0 atom stereocenters. The van der Waals surface area contributed by atoms with Crippen molar-refractivity contribution in [3.63, 3.8) is 0 Å². The summed E-state index contributed by atoms with van der Waals surface area (Å²) in [5.74, 6) is 0.714. The molecule has 19 heavy (non-hydrogen) atoms. The van der Waals surface area contributed by atoms with Gasteiger partial charge in [0, 0.05) is 7.05 Å². The Morgan fingerprint density at radius 1 is 1.21 bits per heavy atom. The van der Waals surface area contributed by atoms with Gasteiger partial charge in [0.2, 0.25) is 5.28 Å². The number of hydrogen-bond acceptors (Lipinski definition) is 7. The molecule has 0 fully saturated rings. The average Bonchev–Trinajstić information content (AvgIpc) is 3.00. The summed E-state index contributed by atoms with van der Waals surface area (Å²) in [7, 11) is 1.77. The number of aryl methyl sites for hydroxylation is 1. The van der Waals surface area contributed by atoms with Gasteiger partial charge in [-0.25, -0.2) is 4.98 Å². The van der Waals surface area contributed by atoms with Crippen LogP contribution in [0, 0.1) is 0 Å². The van der Waals surface area contributed by atoms with E-state index in [1.54, 1.807) is 17.9 Å². The van der Waals surface area contributed by atoms with Crippen LogP contribution >= 0.6 is 11.6 Å². The van der Waals surface area contributed by atoms with Crippen molar-refractivity contribution in [2.24, 2.45) is 7.05 Å². The fourth-order valence-corrected chi connectivity index (χ4v) is 1.49. The lowest BCUT2D eigenvalue weighted by molar-refractivity contribution is 0.437. The maximum absolute atomic E-state index is 5.81. The van der Waals surface area contributed by atoms with Gasteiger partial charge in [-0.1, -0.05) is 0 Å². The summed E-state index contributed by atoms with van der Waals surface area (Å²) in [6.07, 6.45) is 6.01. The van der Waals surface area contributed by atoms with Crippen molar-refractivity contribution in [3.05, 3.63) is 30.3 Å². The van der Waals surface area contributed by atoms with Crippen molar-refractivity contribution in [2.45, 2.75) is 0 Å². The molecule has 0 unspecified atom stereocenters. The van der Waals surface area contributed by atoms with E-state index >= 15 is 0 Å². The summed E-state index contributed by atoms with van der Waals surface area (Å²) < 4.78 is 8.37. The molecule has 96 valence electrons. The van der Waals surface area contributed by atoms with E-state index in [0.717, 1.165) is 0 Å². The van der Waals surface area contributed by atoms with Crippen LogP contribution in [0.15, 0.2) is 25.0 Å². The molecule has 3 aromatic rings. The third-order valence-corrected chi connectivity index (χ3v) is 2.26. The molecule has 0 aliphatic carbocycles. The Labute approximate surface area is 111 Å². The van der Waals surface area contributed by atoms with Gasteiger partial charge in [0.25, 0.3) is 5.95 Å². The van der Waals surface area contributed by atoms with Gasteiger partial charge in [-0.2, -0.15) is 29.8 Å². The van der Waals surface area contributed by atoms with Gasteiger partial charge in [-0.05, 0) is 11.6 Å². The first kappa shape index (κ1) is 11.5. The van der Waals surface area contributed by atoms with Gasteiger partial charge in [0.05, 0.1) is 12.4 Å². The third kappa shape index (κ3) is 2.50. The van der Waals surface area contributed by atoms with E-state index in [-0.39, 0.29) is 17.2 Å². The molecule has 0 saturated carbocycles. The van der Waals surface area contributed by atoms with E-state index in [1.807, 2.05) is 0 Å². The molecule has 0 aromatic carbocycles. The highest BCUT2D eigenvalue weighted by Crippen LogP contribution is 2.18. The molecule has 3 heterocycles. The molecule has 0 amide bonds. The largest absolute Gasteiger partial charge is 0.421 e. The Bertz CT molecular complexity index is 694. The molecule has 3 rings (SSSR count). The molecule has 0 aliphatic heterocycles. The number of hydrogen-bond donors (Lipinski definition) is 0. The molecule has 9 nitrogen and oxygen atoms in total. The number of nitrogens with zero attached hydrogens (tertiary/aromatic N) is 8. The quantitative estimate of drug-likeness (QED) is 0.693. The van der Waals surface area contributed by atoms with Crippen LogP contribution in [-0.4, -0.2) is 39.5 Å². The van der Waals surface area contributed by atoms with Crippen molar-refractivity contribution in [3.8, 4) is 17.7 Å². The maximum atomic E-state index is 5.81. The van der Waals surface area contributed by atoms with Crippen LogP contribution in [0.5, 0.6) is 11.8 Å². The summed E-state index contributed by atoms with van der Waals surface area (Å²) in [6.45, 7) is 0. The summed E-state index contributed by atoms with van der Waals surface area (Å²) in [6, 6.07) is 0.0542. The lowest BCUT2D eigenvalue weighted by Gasteiger charge is -2.03. The Morgan fingerprint density at radius 2 is 2.11 bits per heavy atom. The van der Waals surface area contributed by atoms with Crippen molar-refractivity contribution in [2.75, 3.05) is 0 Å². The lowest BCUT2D eigenvalue weighted by Crippen LogP contribution is -2.05. The molecule has 0 N–H and O–H groups in total. The van der Waals surface area contributed by atoms with E-state index in [9.17, 15) is 0 Å². The molecule has 0 bridgehead atoms. The van der Waals surface area contributed by atoms with E-state index < -0.39 is 0 Å². The predicted octanol–water partition coefficient (Wildman–Crippen LogP) is 0.631. The number of aromatic nitrogens is 8. The van der Waals surface area contributed by atoms with Gasteiger partial charge in [0.1, 0.15) is 12.7 Å². The number of rotatable bonds is 3. The second kappa shape index (κ2) is 4.61. The van der Waals surface area contributed by atoms with Crippen LogP contribution in [0.1, 0.15) is 0 Å². The van der Waals surface area contributed by atoms with Crippen LogP contribution < -0.4 is 4.74 Å². The molecular weight excluding hydrogens is 272 g/mol. The minimum absolute atomic E-state index is 0.000565. The first-order valence-corrected chi connectivity index (χ1v) is 5.51. The third-order valence-electron chi connectivity index (χ3n) is 2.09. The Morgan fingerprint density at radius 3 is 2.79 bits per heavy atom. The molecule has 0 spiro atoms. The second-order valence-corrected chi connectivity index (χ2v) is 3.82. The van der Waals surface area contributed by atoms with Crippen LogP contribution in [0.3, 0.4) is 0 Å². The Balaban J connectivity index is 1.94. The Kier molecular flexibility index (Phi) is 2.80. The van der Waals surface area contributed by atoms with Crippen molar-refractivity contribution in [1.29, 1.82) is 0 Å². The van der Waals surface area contributed by atoms with Crippen LogP contribution in [-0.2, 0) is 7.05 Å². The first-order valence-electron chi connectivity index (χ1n) is 5.14. The SMILES string of the molecule is Cn1cc(Oc2nc(Cl)nc(-n3cncn3)n2)cn1. The van der Waals surface area contributed by atoms with E-state index in [0.29, 0.717) is 5.75 Å². The molecule has 0 saturated heterocycles. The molecule has 10 heteroatoms. The second-order valence-electron chi connectivity index (χ2n) is 3.48. The first-order chi connectivity index (χ1) is 9.20. The molecule has 3 aromatic heterocycles. The van der Waals surface area contributed by atoms with Crippen LogP contribution in [0.2, 0.25) is 5.28 Å². The number of halogens is 1. The van der Waals surface area contributed by atoms with Gasteiger partial charge in [-0.3, -0.25) is 4.68 Å². The zero-order chi connectivity index (χ0) is 13.2. The van der Waals surface area contributed by atoms with E-state index in [2.05, 4.69) is 30.1 Å². The topological polar surface area (TPSA) is 96.4 Å². The molecule has 0 radical (unpaired) electrons. The van der Waals surface area contributed by atoms with Crippen molar-refractivity contribution in [1.82, 2.24) is 39.5 Å². The maximum Gasteiger partial charge on any atom is 0.328 e. The minimum atomic E-state index is -0.000565. The smallest absolute Gasteiger partial charge is 0.328 e. The standard InChI is InChI=1S/C9H7ClN8O/c1-17-3-6(2-12-17)19-9-15-7(10)14-8(16-9)18-5-11-4-13-18/h2-5H,1H3. The van der Waals surface area contributed by atoms with E-state index in [1.165, 1.54) is 23.5 Å². The van der Waals surface area contributed by atoms with E-state index in [4.69, 9.17) is 16.3 Å². The normalized spacial score (nSPS) is 10.6. The zero-order valence-electron chi connectivity index (χ0n) is 9.67. The van der Waals surface area contributed by atoms with Gasteiger partial charge >= 0.3 is 6.01 Å². The van der Waals surface area contributed by atoms with Crippen molar-refractivity contribution < 1.29 is 4.74 Å². The van der Waals surface area contributed by atoms with Gasteiger partial charge in [-0.15, -0.1) is 0 Å². The van der Waals surface area contributed by atoms with Crippen molar-refractivity contribution >= 4 is 11.6 Å². The Hall–Kier alpha value is -2.55. The highest BCUT2D eigenvalue weighted by atomic mass is 35.5. The summed E-state index contributed by atoms with van der Waals surface area (Å²) in [5.41, 5.74) is 0. The fraction of sp³-hybridized carbons (Fsp3) is 0.111. The molecular formula is C9H7ClN8O. The summed E-state index contributed by atoms with van der Waals surface area (Å²) >= 11 is 5.81. The average molecular weight is 279 g/mol.